The van der Waals surface area contributed by atoms with Gasteiger partial charge < -0.3 is 10.1 Å². The van der Waals surface area contributed by atoms with Crippen molar-refractivity contribution in [3.05, 3.63) is 0 Å². The number of nitrogens with one attached hydrogen (secondary N) is 1. The first-order valence-electron chi connectivity index (χ1n) is 7.90. The highest BCUT2D eigenvalue weighted by Crippen LogP contribution is 2.44. The lowest BCUT2D eigenvalue weighted by Crippen LogP contribution is -2.41. The number of hydrogen-bond donors (Lipinski definition) is 1. The van der Waals surface area contributed by atoms with Gasteiger partial charge in [0.1, 0.15) is 0 Å². The van der Waals surface area contributed by atoms with Crippen molar-refractivity contribution in [2.45, 2.75) is 51.2 Å². The normalized spacial score (nSPS) is 30.7. The number of hydrogen-bond acceptors (Lipinski definition) is 3. The van der Waals surface area contributed by atoms with Crippen LogP contribution in [0.1, 0.15) is 39.0 Å². The Morgan fingerprint density at radius 3 is 2.61 bits per heavy atom. The van der Waals surface area contributed by atoms with Crippen molar-refractivity contribution in [2.24, 2.45) is 11.8 Å². The molecule has 1 atom stereocenters. The van der Waals surface area contributed by atoms with Crippen molar-refractivity contribution in [1.29, 1.82) is 0 Å². The van der Waals surface area contributed by atoms with Crippen molar-refractivity contribution in [2.75, 3.05) is 32.8 Å². The molecule has 1 saturated heterocycles. The Balaban J connectivity index is 1.37. The molecule has 1 N–H and O–H groups in total. The molecule has 0 radical (unpaired) electrons. The van der Waals surface area contributed by atoms with E-state index in [0.29, 0.717) is 6.10 Å². The van der Waals surface area contributed by atoms with Crippen molar-refractivity contribution in [3.8, 4) is 0 Å². The molecule has 1 aliphatic heterocycles. The summed E-state index contributed by atoms with van der Waals surface area (Å²) in [5, 5.41) is 3.84. The van der Waals surface area contributed by atoms with Gasteiger partial charge in [-0.2, -0.15) is 0 Å². The van der Waals surface area contributed by atoms with E-state index in [0.717, 1.165) is 31.0 Å². The third-order valence-electron chi connectivity index (χ3n) is 4.60. The van der Waals surface area contributed by atoms with Crippen LogP contribution in [0.5, 0.6) is 0 Å². The molecule has 2 saturated carbocycles. The molecule has 3 fully saturated rings. The zero-order chi connectivity index (χ0) is 12.4. The average Bonchev–Trinajstić information content (AvgIpc) is 3.18. The minimum absolute atomic E-state index is 0.412. The summed E-state index contributed by atoms with van der Waals surface area (Å²) < 4.78 is 5.69. The fourth-order valence-corrected chi connectivity index (χ4v) is 3.30. The van der Waals surface area contributed by atoms with E-state index in [1.165, 1.54) is 51.7 Å². The zero-order valence-corrected chi connectivity index (χ0v) is 11.7. The molecule has 0 spiro atoms. The van der Waals surface area contributed by atoms with Gasteiger partial charge in [-0.3, -0.25) is 4.90 Å². The second-order valence-corrected chi connectivity index (χ2v) is 6.49. The summed E-state index contributed by atoms with van der Waals surface area (Å²) in [6.45, 7) is 7.83. The molecule has 0 aromatic rings. The van der Waals surface area contributed by atoms with Crippen molar-refractivity contribution >= 4 is 0 Å². The molecule has 0 amide bonds. The number of rotatable bonds is 6. The Labute approximate surface area is 111 Å². The highest BCUT2D eigenvalue weighted by Gasteiger charge is 2.40. The first kappa shape index (κ1) is 12.9. The quantitative estimate of drug-likeness (QED) is 0.781. The van der Waals surface area contributed by atoms with Crippen LogP contribution in [0, 0.1) is 11.8 Å². The molecule has 1 heterocycles. The molecular formula is C15H28N2O. The summed E-state index contributed by atoms with van der Waals surface area (Å²) in [5.74, 6) is 2.03. The highest BCUT2D eigenvalue weighted by atomic mass is 16.5. The third kappa shape index (κ3) is 3.69. The Kier molecular flexibility index (Phi) is 4.22. The van der Waals surface area contributed by atoms with E-state index in [-0.39, 0.29) is 0 Å². The first-order chi connectivity index (χ1) is 8.83. The summed E-state index contributed by atoms with van der Waals surface area (Å²) in [4.78, 5) is 2.57. The van der Waals surface area contributed by atoms with Gasteiger partial charge in [-0.05, 0) is 50.9 Å². The first-order valence-corrected chi connectivity index (χ1v) is 7.90. The van der Waals surface area contributed by atoms with Gasteiger partial charge in [-0.25, -0.2) is 0 Å². The molecule has 104 valence electrons. The summed E-state index contributed by atoms with van der Waals surface area (Å²) in [5.41, 5.74) is 0. The van der Waals surface area contributed by atoms with E-state index < -0.39 is 0 Å². The summed E-state index contributed by atoms with van der Waals surface area (Å²) >= 11 is 0. The van der Waals surface area contributed by atoms with Crippen LogP contribution in [-0.2, 0) is 4.74 Å². The molecule has 1 unspecified atom stereocenters. The zero-order valence-electron chi connectivity index (χ0n) is 11.7. The van der Waals surface area contributed by atoms with Gasteiger partial charge in [0, 0.05) is 38.8 Å². The average molecular weight is 252 g/mol. The topological polar surface area (TPSA) is 24.5 Å². The Bertz CT molecular complexity index is 251. The summed E-state index contributed by atoms with van der Waals surface area (Å²) in [6, 6.07) is 0.852. The Morgan fingerprint density at radius 1 is 1.22 bits per heavy atom. The number of ether oxygens (including phenoxy) is 1. The second kappa shape index (κ2) is 5.89. The van der Waals surface area contributed by atoms with Gasteiger partial charge in [-0.1, -0.05) is 0 Å². The predicted molar refractivity (Wildman–Crippen MR) is 73.7 cm³/mol. The Morgan fingerprint density at radius 2 is 1.94 bits per heavy atom. The lowest BCUT2D eigenvalue weighted by Gasteiger charge is -2.24. The molecular weight excluding hydrogens is 224 g/mol. The molecule has 2 aliphatic carbocycles. The van der Waals surface area contributed by atoms with Gasteiger partial charge >= 0.3 is 0 Å². The van der Waals surface area contributed by atoms with Gasteiger partial charge in [0.05, 0.1) is 6.10 Å². The standard InChI is InChI=1S/C15H28N2O/c1-12-11-17(8-2-10-18-12)9-7-16-15(13-3-4-13)14-5-6-14/h12-16H,2-11H2,1H3. The van der Waals surface area contributed by atoms with Crippen LogP contribution in [0.2, 0.25) is 0 Å². The smallest absolute Gasteiger partial charge is 0.0673 e. The molecule has 3 nitrogen and oxygen atoms in total. The largest absolute Gasteiger partial charge is 0.377 e. The van der Waals surface area contributed by atoms with Crippen LogP contribution < -0.4 is 5.32 Å². The molecule has 0 bridgehead atoms. The lowest BCUT2D eigenvalue weighted by molar-refractivity contribution is 0.0677. The molecule has 0 aromatic carbocycles. The van der Waals surface area contributed by atoms with Gasteiger partial charge in [0.2, 0.25) is 0 Å². The van der Waals surface area contributed by atoms with Crippen molar-refractivity contribution < 1.29 is 4.74 Å². The van der Waals surface area contributed by atoms with E-state index >= 15 is 0 Å². The maximum Gasteiger partial charge on any atom is 0.0673 e. The maximum atomic E-state index is 5.69. The van der Waals surface area contributed by atoms with E-state index in [2.05, 4.69) is 17.1 Å². The van der Waals surface area contributed by atoms with E-state index in [1.54, 1.807) is 0 Å². The predicted octanol–water partition coefficient (Wildman–Crippen LogP) is 1.88. The molecule has 3 rings (SSSR count). The van der Waals surface area contributed by atoms with Crippen LogP contribution in [0.25, 0.3) is 0 Å². The molecule has 3 heteroatoms. The van der Waals surface area contributed by atoms with Crippen LogP contribution in [0.15, 0.2) is 0 Å². The minimum Gasteiger partial charge on any atom is -0.377 e. The van der Waals surface area contributed by atoms with Crippen LogP contribution in [0.4, 0.5) is 0 Å². The van der Waals surface area contributed by atoms with E-state index in [4.69, 9.17) is 4.74 Å². The van der Waals surface area contributed by atoms with Crippen molar-refractivity contribution in [3.63, 3.8) is 0 Å². The summed E-state index contributed by atoms with van der Waals surface area (Å²) in [6.07, 6.45) is 7.51. The van der Waals surface area contributed by atoms with Gasteiger partial charge in [-0.15, -0.1) is 0 Å². The van der Waals surface area contributed by atoms with Crippen molar-refractivity contribution in [1.82, 2.24) is 10.2 Å². The monoisotopic (exact) mass is 252 g/mol. The highest BCUT2D eigenvalue weighted by molar-refractivity contribution is 4.96. The lowest BCUT2D eigenvalue weighted by atomic mass is 10.1. The molecule has 0 aromatic heterocycles. The fraction of sp³-hybridized carbons (Fsp3) is 1.00. The molecule has 3 aliphatic rings. The maximum absolute atomic E-state index is 5.69. The van der Waals surface area contributed by atoms with E-state index in [1.807, 2.05) is 0 Å². The molecule has 18 heavy (non-hydrogen) atoms. The fourth-order valence-electron chi connectivity index (χ4n) is 3.30. The van der Waals surface area contributed by atoms with E-state index in [9.17, 15) is 0 Å². The Hall–Kier alpha value is -0.120. The van der Waals surface area contributed by atoms with Gasteiger partial charge in [0.25, 0.3) is 0 Å². The van der Waals surface area contributed by atoms with Crippen LogP contribution >= 0.6 is 0 Å². The second-order valence-electron chi connectivity index (χ2n) is 6.49. The van der Waals surface area contributed by atoms with Crippen LogP contribution in [-0.4, -0.2) is 49.8 Å². The minimum atomic E-state index is 0.412. The SMILES string of the molecule is CC1CN(CCNC(C2CC2)C2CC2)CCCO1. The summed E-state index contributed by atoms with van der Waals surface area (Å²) in [7, 11) is 0. The third-order valence-corrected chi connectivity index (χ3v) is 4.60. The van der Waals surface area contributed by atoms with Gasteiger partial charge in [0.15, 0.2) is 0 Å². The number of nitrogens with zero attached hydrogens (tertiary/aromatic N) is 1. The van der Waals surface area contributed by atoms with Crippen LogP contribution in [0.3, 0.4) is 0 Å².